The molecule has 2 rings (SSSR count). The Morgan fingerprint density at radius 1 is 1.30 bits per heavy atom. The SMILES string of the molecule is Cc1cc(C)nc(N2C[C@@H](C(F)(F)F)[C@H](C(=O)O)C2)n1. The number of aryl methyl sites for hydroxylation is 2. The second-order valence-corrected chi connectivity index (χ2v) is 4.95. The number of rotatable bonds is 2. The highest BCUT2D eigenvalue weighted by molar-refractivity contribution is 5.72. The van der Waals surface area contributed by atoms with E-state index in [1.165, 1.54) is 4.90 Å². The smallest absolute Gasteiger partial charge is 0.394 e. The van der Waals surface area contributed by atoms with Crippen LogP contribution in [0.1, 0.15) is 11.4 Å². The first kappa shape index (κ1) is 14.5. The molecule has 1 fully saturated rings. The summed E-state index contributed by atoms with van der Waals surface area (Å²) in [4.78, 5) is 20.5. The van der Waals surface area contributed by atoms with Gasteiger partial charge in [0.1, 0.15) is 0 Å². The fraction of sp³-hybridized carbons (Fsp3) is 0.583. The van der Waals surface area contributed by atoms with Crippen molar-refractivity contribution in [3.05, 3.63) is 17.5 Å². The zero-order valence-electron chi connectivity index (χ0n) is 11.0. The molecule has 0 radical (unpaired) electrons. The highest BCUT2D eigenvalue weighted by Crippen LogP contribution is 2.38. The lowest BCUT2D eigenvalue weighted by molar-refractivity contribution is -0.187. The summed E-state index contributed by atoms with van der Waals surface area (Å²) in [6.45, 7) is 2.76. The Labute approximate surface area is 113 Å². The maximum absolute atomic E-state index is 12.9. The quantitative estimate of drug-likeness (QED) is 0.899. The summed E-state index contributed by atoms with van der Waals surface area (Å²) in [5, 5.41) is 8.95. The fourth-order valence-electron chi connectivity index (χ4n) is 2.40. The molecule has 8 heteroatoms. The number of carbonyl (C=O) groups is 1. The molecule has 1 aromatic heterocycles. The first-order chi connectivity index (χ1) is 9.18. The van der Waals surface area contributed by atoms with Crippen LogP contribution in [-0.4, -0.2) is 40.3 Å². The van der Waals surface area contributed by atoms with E-state index in [4.69, 9.17) is 5.11 Å². The molecule has 1 aromatic rings. The number of carboxylic acids is 1. The van der Waals surface area contributed by atoms with E-state index >= 15 is 0 Å². The summed E-state index contributed by atoms with van der Waals surface area (Å²) >= 11 is 0. The number of anilines is 1. The van der Waals surface area contributed by atoms with Crippen LogP contribution in [0.5, 0.6) is 0 Å². The zero-order valence-corrected chi connectivity index (χ0v) is 11.0. The van der Waals surface area contributed by atoms with Crippen LogP contribution in [0, 0.1) is 25.7 Å². The maximum Gasteiger partial charge on any atom is 0.394 e. The molecule has 1 aliphatic rings. The molecule has 5 nitrogen and oxygen atoms in total. The number of alkyl halides is 3. The van der Waals surface area contributed by atoms with Crippen molar-refractivity contribution in [2.45, 2.75) is 20.0 Å². The molecule has 2 atom stereocenters. The lowest BCUT2D eigenvalue weighted by Gasteiger charge is -2.18. The van der Waals surface area contributed by atoms with Crippen molar-refractivity contribution in [1.82, 2.24) is 9.97 Å². The minimum Gasteiger partial charge on any atom is -0.481 e. The van der Waals surface area contributed by atoms with E-state index in [0.717, 1.165) is 0 Å². The van der Waals surface area contributed by atoms with Gasteiger partial charge in [0.05, 0.1) is 11.8 Å². The van der Waals surface area contributed by atoms with Gasteiger partial charge < -0.3 is 10.0 Å². The highest BCUT2D eigenvalue weighted by Gasteiger charge is 2.53. The molecule has 2 heterocycles. The summed E-state index contributed by atoms with van der Waals surface area (Å²) in [5.41, 5.74) is 1.27. The lowest BCUT2D eigenvalue weighted by Crippen LogP contribution is -2.33. The number of aliphatic carboxylic acids is 1. The lowest BCUT2D eigenvalue weighted by atomic mass is 9.96. The van der Waals surface area contributed by atoms with Crippen molar-refractivity contribution in [3.8, 4) is 0 Å². The van der Waals surface area contributed by atoms with Gasteiger partial charge in [-0.1, -0.05) is 0 Å². The molecule has 110 valence electrons. The van der Waals surface area contributed by atoms with Crippen LogP contribution in [0.4, 0.5) is 19.1 Å². The normalized spacial score (nSPS) is 23.1. The average Bonchev–Trinajstić information content (AvgIpc) is 2.71. The van der Waals surface area contributed by atoms with E-state index in [0.29, 0.717) is 11.4 Å². The van der Waals surface area contributed by atoms with Crippen LogP contribution in [0.15, 0.2) is 6.07 Å². The Balaban J connectivity index is 2.30. The molecule has 1 aliphatic heterocycles. The Morgan fingerprint density at radius 2 is 1.85 bits per heavy atom. The van der Waals surface area contributed by atoms with E-state index in [1.54, 1.807) is 19.9 Å². The van der Waals surface area contributed by atoms with Crippen LogP contribution < -0.4 is 4.90 Å². The molecule has 20 heavy (non-hydrogen) atoms. The van der Waals surface area contributed by atoms with Gasteiger partial charge in [0, 0.05) is 24.5 Å². The third-order valence-electron chi connectivity index (χ3n) is 3.31. The van der Waals surface area contributed by atoms with Crippen molar-refractivity contribution in [3.63, 3.8) is 0 Å². The second kappa shape index (κ2) is 4.92. The monoisotopic (exact) mass is 289 g/mol. The first-order valence-corrected chi connectivity index (χ1v) is 6.05. The molecule has 0 aromatic carbocycles. The van der Waals surface area contributed by atoms with Gasteiger partial charge in [0.25, 0.3) is 0 Å². The summed E-state index contributed by atoms with van der Waals surface area (Å²) < 4.78 is 38.7. The Bertz CT molecular complexity index is 513. The number of halogens is 3. The molecule has 0 bridgehead atoms. The van der Waals surface area contributed by atoms with Crippen molar-refractivity contribution in [2.75, 3.05) is 18.0 Å². The van der Waals surface area contributed by atoms with Gasteiger partial charge in [-0.15, -0.1) is 0 Å². The largest absolute Gasteiger partial charge is 0.481 e. The van der Waals surface area contributed by atoms with Gasteiger partial charge in [-0.25, -0.2) is 9.97 Å². The minimum atomic E-state index is -4.54. The fourth-order valence-corrected chi connectivity index (χ4v) is 2.40. The van der Waals surface area contributed by atoms with Gasteiger partial charge in [-0.3, -0.25) is 4.79 Å². The standard InChI is InChI=1S/C12H14F3N3O2/c1-6-3-7(2)17-11(16-6)18-4-8(10(19)20)9(5-18)12(13,14)15/h3,8-9H,4-5H2,1-2H3,(H,19,20)/t8-,9-/m1/s1. The van der Waals surface area contributed by atoms with E-state index in [-0.39, 0.29) is 12.5 Å². The number of nitrogens with zero attached hydrogens (tertiary/aromatic N) is 3. The minimum absolute atomic E-state index is 0.153. The van der Waals surface area contributed by atoms with E-state index in [1.807, 2.05) is 0 Å². The maximum atomic E-state index is 12.9. The van der Waals surface area contributed by atoms with Crippen LogP contribution in [0.25, 0.3) is 0 Å². The van der Waals surface area contributed by atoms with Gasteiger partial charge >= 0.3 is 12.1 Å². The summed E-state index contributed by atoms with van der Waals surface area (Å²) in [7, 11) is 0. The van der Waals surface area contributed by atoms with Crippen molar-refractivity contribution < 1.29 is 23.1 Å². The predicted octanol–water partition coefficient (Wildman–Crippen LogP) is 1.79. The van der Waals surface area contributed by atoms with Crippen LogP contribution in [-0.2, 0) is 4.79 Å². The van der Waals surface area contributed by atoms with E-state index in [2.05, 4.69) is 9.97 Å². The second-order valence-electron chi connectivity index (χ2n) is 4.95. The predicted molar refractivity (Wildman–Crippen MR) is 64.4 cm³/mol. The Morgan fingerprint density at radius 3 is 2.25 bits per heavy atom. The average molecular weight is 289 g/mol. The molecule has 0 unspecified atom stereocenters. The first-order valence-electron chi connectivity index (χ1n) is 6.05. The number of hydrogen-bond donors (Lipinski definition) is 1. The third kappa shape index (κ3) is 2.83. The number of hydrogen-bond acceptors (Lipinski definition) is 4. The van der Waals surface area contributed by atoms with Gasteiger partial charge in [0.15, 0.2) is 0 Å². The zero-order chi connectivity index (χ0) is 15.1. The summed E-state index contributed by atoms with van der Waals surface area (Å²) in [6.07, 6.45) is -4.54. The molecule has 0 spiro atoms. The number of carboxylic acid groups (broad SMARTS) is 1. The van der Waals surface area contributed by atoms with Crippen LogP contribution in [0.2, 0.25) is 0 Å². The Hall–Kier alpha value is -1.86. The molecule has 1 saturated heterocycles. The van der Waals surface area contributed by atoms with E-state index in [9.17, 15) is 18.0 Å². The molecular formula is C12H14F3N3O2. The Kier molecular flexibility index (Phi) is 3.58. The molecule has 1 N–H and O–H groups in total. The van der Waals surface area contributed by atoms with Crippen LogP contribution in [0.3, 0.4) is 0 Å². The molecule has 0 saturated carbocycles. The molecule has 0 amide bonds. The van der Waals surface area contributed by atoms with Gasteiger partial charge in [-0.05, 0) is 19.9 Å². The van der Waals surface area contributed by atoms with Crippen LogP contribution >= 0.6 is 0 Å². The van der Waals surface area contributed by atoms with E-state index < -0.39 is 30.5 Å². The topological polar surface area (TPSA) is 66.3 Å². The number of aromatic nitrogens is 2. The van der Waals surface area contributed by atoms with Crippen molar-refractivity contribution in [2.24, 2.45) is 11.8 Å². The van der Waals surface area contributed by atoms with Crippen molar-refractivity contribution >= 4 is 11.9 Å². The highest BCUT2D eigenvalue weighted by atomic mass is 19.4. The summed E-state index contributed by atoms with van der Waals surface area (Å²) in [6, 6.07) is 1.70. The molecule has 0 aliphatic carbocycles. The van der Waals surface area contributed by atoms with Gasteiger partial charge in [0.2, 0.25) is 5.95 Å². The third-order valence-corrected chi connectivity index (χ3v) is 3.31. The molecular weight excluding hydrogens is 275 g/mol. The summed E-state index contributed by atoms with van der Waals surface area (Å²) in [5.74, 6) is -4.68. The van der Waals surface area contributed by atoms with Crippen molar-refractivity contribution in [1.29, 1.82) is 0 Å². The van der Waals surface area contributed by atoms with Gasteiger partial charge in [-0.2, -0.15) is 13.2 Å².